The maximum Gasteiger partial charge on any atom is 0.339 e. The highest BCUT2D eigenvalue weighted by Crippen LogP contribution is 2.18. The predicted molar refractivity (Wildman–Crippen MR) is 68.6 cm³/mol. The fraction of sp³-hybridized carbons (Fsp3) is 0.455. The number of hydrogen-bond donors (Lipinski definition) is 2. The minimum atomic E-state index is -3.24. The van der Waals surface area contributed by atoms with Gasteiger partial charge in [-0.15, -0.1) is 0 Å². The molecule has 1 aromatic heterocycles. The second-order valence-corrected chi connectivity index (χ2v) is 7.24. The number of carbonyl (C=O) groups is 1. The number of sulfone groups is 1. The monoisotopic (exact) mass is 272 g/mol. The molecule has 0 radical (unpaired) electrons. The normalized spacial score (nSPS) is 12.2. The molecular weight excluding hydrogens is 256 g/mol. The molecule has 6 nitrogen and oxygen atoms in total. The fourth-order valence-corrected chi connectivity index (χ4v) is 1.48. The van der Waals surface area contributed by atoms with Crippen molar-refractivity contribution < 1.29 is 18.3 Å². The largest absolute Gasteiger partial charge is 0.478 e. The average Bonchev–Trinajstić information content (AvgIpc) is 2.25. The molecule has 0 aliphatic carbocycles. The van der Waals surface area contributed by atoms with Gasteiger partial charge in [-0.2, -0.15) is 0 Å². The molecule has 1 heterocycles. The summed E-state index contributed by atoms with van der Waals surface area (Å²) in [4.78, 5) is 14.8. The Morgan fingerprint density at radius 1 is 1.50 bits per heavy atom. The molecule has 0 saturated carbocycles. The molecule has 0 aromatic carbocycles. The van der Waals surface area contributed by atoms with Crippen LogP contribution >= 0.6 is 0 Å². The van der Waals surface area contributed by atoms with Gasteiger partial charge in [-0.1, -0.05) is 0 Å². The lowest BCUT2D eigenvalue weighted by atomic mass is 10.2. The maximum absolute atomic E-state index is 11.5. The van der Waals surface area contributed by atoms with Gasteiger partial charge in [0.05, 0.1) is 4.75 Å². The summed E-state index contributed by atoms with van der Waals surface area (Å²) in [5, 5.41) is 11.7. The minimum absolute atomic E-state index is 0.0156. The van der Waals surface area contributed by atoms with Gasteiger partial charge in [0, 0.05) is 19.0 Å². The molecule has 0 bridgehead atoms. The standard InChI is InChI=1S/C11H16N2O4S/c1-11(2,18(3,16)17)7-13-9-8(10(14)15)5-4-6-12-9/h4-6H,7H2,1-3H3,(H,12,13)(H,14,15). The van der Waals surface area contributed by atoms with Crippen LogP contribution in [0.3, 0.4) is 0 Å². The summed E-state index contributed by atoms with van der Waals surface area (Å²) in [5.74, 6) is -0.940. The van der Waals surface area contributed by atoms with Gasteiger partial charge in [0.15, 0.2) is 9.84 Å². The van der Waals surface area contributed by atoms with E-state index in [4.69, 9.17) is 5.11 Å². The van der Waals surface area contributed by atoms with Crippen molar-refractivity contribution in [3.05, 3.63) is 23.9 Å². The number of hydrogen-bond acceptors (Lipinski definition) is 5. The van der Waals surface area contributed by atoms with Crippen molar-refractivity contribution in [2.75, 3.05) is 18.1 Å². The van der Waals surface area contributed by atoms with E-state index in [0.29, 0.717) is 0 Å². The van der Waals surface area contributed by atoms with Crippen LogP contribution < -0.4 is 5.32 Å². The summed E-state index contributed by atoms with van der Waals surface area (Å²) in [7, 11) is -3.24. The van der Waals surface area contributed by atoms with E-state index in [-0.39, 0.29) is 17.9 Å². The van der Waals surface area contributed by atoms with E-state index in [1.54, 1.807) is 13.8 Å². The van der Waals surface area contributed by atoms with Gasteiger partial charge in [0.2, 0.25) is 0 Å². The van der Waals surface area contributed by atoms with Crippen molar-refractivity contribution in [3.63, 3.8) is 0 Å². The summed E-state index contributed by atoms with van der Waals surface area (Å²) < 4.78 is 22.0. The number of aromatic carboxylic acids is 1. The first-order chi connectivity index (χ1) is 8.15. The summed E-state index contributed by atoms with van der Waals surface area (Å²) in [6.07, 6.45) is 2.59. The zero-order valence-corrected chi connectivity index (χ0v) is 11.3. The van der Waals surface area contributed by atoms with Gasteiger partial charge in [0.1, 0.15) is 11.4 Å². The van der Waals surface area contributed by atoms with Crippen LogP contribution in [0.15, 0.2) is 18.3 Å². The molecule has 0 atom stereocenters. The van der Waals surface area contributed by atoms with Crippen LogP contribution in [0.2, 0.25) is 0 Å². The lowest BCUT2D eigenvalue weighted by Crippen LogP contribution is -2.38. The van der Waals surface area contributed by atoms with Crippen LogP contribution in [0.5, 0.6) is 0 Å². The van der Waals surface area contributed by atoms with Crippen LogP contribution in [0.25, 0.3) is 0 Å². The van der Waals surface area contributed by atoms with Gasteiger partial charge in [-0.05, 0) is 26.0 Å². The Morgan fingerprint density at radius 2 is 2.11 bits per heavy atom. The van der Waals surface area contributed by atoms with E-state index < -0.39 is 20.6 Å². The van der Waals surface area contributed by atoms with Crippen LogP contribution in [0.4, 0.5) is 5.82 Å². The summed E-state index contributed by atoms with van der Waals surface area (Å²) in [6, 6.07) is 2.92. The van der Waals surface area contributed by atoms with Crippen molar-refractivity contribution >= 4 is 21.6 Å². The molecule has 0 spiro atoms. The number of anilines is 1. The van der Waals surface area contributed by atoms with Crippen molar-refractivity contribution in [1.29, 1.82) is 0 Å². The van der Waals surface area contributed by atoms with Gasteiger partial charge >= 0.3 is 5.97 Å². The smallest absolute Gasteiger partial charge is 0.339 e. The molecule has 0 aliphatic heterocycles. The van der Waals surface area contributed by atoms with Crippen molar-refractivity contribution in [2.24, 2.45) is 0 Å². The Hall–Kier alpha value is -1.63. The van der Waals surface area contributed by atoms with E-state index in [9.17, 15) is 13.2 Å². The molecule has 1 aromatic rings. The summed E-state index contributed by atoms with van der Waals surface area (Å²) in [5.41, 5.74) is 0.0156. The second kappa shape index (κ2) is 4.93. The Kier molecular flexibility index (Phi) is 3.95. The number of aromatic nitrogens is 1. The predicted octanol–water partition coefficient (Wildman–Crippen LogP) is 1.01. The molecule has 2 N–H and O–H groups in total. The molecule has 7 heteroatoms. The first-order valence-electron chi connectivity index (χ1n) is 5.27. The molecule has 18 heavy (non-hydrogen) atoms. The second-order valence-electron chi connectivity index (χ2n) is 4.59. The minimum Gasteiger partial charge on any atom is -0.478 e. The lowest BCUT2D eigenvalue weighted by molar-refractivity contribution is 0.0697. The molecule has 0 amide bonds. The fourth-order valence-electron chi connectivity index (χ4n) is 1.15. The van der Waals surface area contributed by atoms with Crippen molar-refractivity contribution in [1.82, 2.24) is 4.98 Å². The Bertz CT molecular complexity index is 552. The molecule has 0 aliphatic rings. The van der Waals surface area contributed by atoms with E-state index in [0.717, 1.165) is 6.26 Å². The zero-order valence-electron chi connectivity index (χ0n) is 10.5. The third-order valence-electron chi connectivity index (χ3n) is 2.72. The number of carboxylic acid groups (broad SMARTS) is 1. The third kappa shape index (κ3) is 3.19. The van der Waals surface area contributed by atoms with Crippen LogP contribution in [-0.4, -0.2) is 42.0 Å². The van der Waals surface area contributed by atoms with Gasteiger partial charge in [-0.25, -0.2) is 18.2 Å². The average molecular weight is 272 g/mol. The highest BCUT2D eigenvalue weighted by Gasteiger charge is 2.30. The molecule has 1 rings (SSSR count). The number of rotatable bonds is 5. The third-order valence-corrected chi connectivity index (χ3v) is 4.88. The van der Waals surface area contributed by atoms with E-state index in [1.165, 1.54) is 18.3 Å². The van der Waals surface area contributed by atoms with Crippen molar-refractivity contribution in [3.8, 4) is 0 Å². The molecule has 0 unspecified atom stereocenters. The maximum atomic E-state index is 11.5. The first kappa shape index (κ1) is 14.4. The summed E-state index contributed by atoms with van der Waals surface area (Å²) in [6.45, 7) is 3.22. The highest BCUT2D eigenvalue weighted by molar-refractivity contribution is 7.92. The quantitative estimate of drug-likeness (QED) is 0.830. The zero-order chi connectivity index (χ0) is 14.0. The highest BCUT2D eigenvalue weighted by atomic mass is 32.2. The summed E-state index contributed by atoms with van der Waals surface area (Å²) >= 11 is 0. The lowest BCUT2D eigenvalue weighted by Gasteiger charge is -2.23. The molecular formula is C11H16N2O4S. The van der Waals surface area contributed by atoms with Gasteiger partial charge < -0.3 is 10.4 Å². The molecule has 0 fully saturated rings. The van der Waals surface area contributed by atoms with E-state index >= 15 is 0 Å². The number of nitrogens with one attached hydrogen (secondary N) is 1. The Morgan fingerprint density at radius 3 is 2.61 bits per heavy atom. The van der Waals surface area contributed by atoms with E-state index in [1.807, 2.05) is 0 Å². The number of nitrogens with zero attached hydrogens (tertiary/aromatic N) is 1. The van der Waals surface area contributed by atoms with Crippen LogP contribution in [0.1, 0.15) is 24.2 Å². The van der Waals surface area contributed by atoms with Gasteiger partial charge in [-0.3, -0.25) is 0 Å². The number of pyridine rings is 1. The molecule has 0 saturated heterocycles. The van der Waals surface area contributed by atoms with Gasteiger partial charge in [0.25, 0.3) is 0 Å². The van der Waals surface area contributed by atoms with Crippen LogP contribution in [-0.2, 0) is 9.84 Å². The Balaban J connectivity index is 2.91. The topological polar surface area (TPSA) is 96.4 Å². The number of carboxylic acids is 1. The Labute approximate surface area is 106 Å². The van der Waals surface area contributed by atoms with Crippen LogP contribution in [0, 0.1) is 0 Å². The van der Waals surface area contributed by atoms with Crippen molar-refractivity contribution in [2.45, 2.75) is 18.6 Å². The van der Waals surface area contributed by atoms with E-state index in [2.05, 4.69) is 10.3 Å². The molecule has 100 valence electrons. The first-order valence-corrected chi connectivity index (χ1v) is 7.16. The SMILES string of the molecule is CC(C)(CNc1ncccc1C(=O)O)S(C)(=O)=O.